The summed E-state index contributed by atoms with van der Waals surface area (Å²) >= 11 is 0. The van der Waals surface area contributed by atoms with Crippen molar-refractivity contribution in [3.8, 4) is 0 Å². The zero-order chi connectivity index (χ0) is 19.0. The Morgan fingerprint density at radius 1 is 1.04 bits per heavy atom. The lowest BCUT2D eigenvalue weighted by Crippen LogP contribution is -2.53. The molecule has 0 aliphatic rings. The van der Waals surface area contributed by atoms with Crippen LogP contribution in [0.4, 0.5) is 0 Å². The van der Waals surface area contributed by atoms with Crippen LogP contribution < -0.4 is 16.4 Å². The summed E-state index contributed by atoms with van der Waals surface area (Å²) in [6, 6.07) is 5.55. The van der Waals surface area contributed by atoms with E-state index in [1.165, 1.54) is 6.92 Å². The third-order valence-electron chi connectivity index (χ3n) is 3.38. The molecule has 2 amide bonds. The Bertz CT molecular complexity index is 634. The summed E-state index contributed by atoms with van der Waals surface area (Å²) in [6.07, 6.45) is -0.493. The summed E-state index contributed by atoms with van der Waals surface area (Å²) in [5.41, 5.74) is 6.65. The molecular weight excluding hydrogens is 330 g/mol. The fourth-order valence-electron chi connectivity index (χ4n) is 2.02. The maximum Gasteiger partial charge on any atom is 0.326 e. The Labute approximate surface area is 144 Å². The van der Waals surface area contributed by atoms with Gasteiger partial charge in [-0.25, -0.2) is 4.79 Å². The molecule has 0 radical (unpaired) electrons. The molecule has 0 aromatic heterocycles. The number of hydrogen-bond acceptors (Lipinski definition) is 5. The minimum absolute atomic E-state index is 0.276. The topological polar surface area (TPSA) is 159 Å². The van der Waals surface area contributed by atoms with Crippen molar-refractivity contribution in [3.05, 3.63) is 35.9 Å². The molecule has 6 N–H and O–H groups in total. The molecule has 9 heteroatoms. The van der Waals surface area contributed by atoms with Crippen LogP contribution in [-0.4, -0.2) is 52.1 Å². The molecule has 0 saturated heterocycles. The van der Waals surface area contributed by atoms with Gasteiger partial charge in [0.25, 0.3) is 0 Å². The fourth-order valence-corrected chi connectivity index (χ4v) is 2.02. The van der Waals surface area contributed by atoms with Crippen molar-refractivity contribution >= 4 is 23.8 Å². The van der Waals surface area contributed by atoms with Gasteiger partial charge in [0, 0.05) is 0 Å². The van der Waals surface area contributed by atoms with Crippen LogP contribution in [0.5, 0.6) is 0 Å². The second kappa shape index (κ2) is 9.38. The van der Waals surface area contributed by atoms with Gasteiger partial charge in [-0.2, -0.15) is 0 Å². The Balaban J connectivity index is 2.56. The van der Waals surface area contributed by atoms with Gasteiger partial charge in [0.05, 0.1) is 12.5 Å². The molecule has 0 aliphatic carbocycles. The highest BCUT2D eigenvalue weighted by atomic mass is 16.4. The predicted molar refractivity (Wildman–Crippen MR) is 87.5 cm³/mol. The van der Waals surface area contributed by atoms with Crippen molar-refractivity contribution in [1.82, 2.24) is 10.6 Å². The van der Waals surface area contributed by atoms with E-state index in [9.17, 15) is 19.2 Å². The van der Waals surface area contributed by atoms with Gasteiger partial charge < -0.3 is 26.6 Å². The van der Waals surface area contributed by atoms with Crippen molar-refractivity contribution in [2.75, 3.05) is 0 Å². The molecule has 136 valence electrons. The largest absolute Gasteiger partial charge is 0.481 e. The van der Waals surface area contributed by atoms with Gasteiger partial charge in [0.1, 0.15) is 12.1 Å². The molecule has 3 unspecified atom stereocenters. The Hall–Kier alpha value is -2.94. The molecule has 3 atom stereocenters. The highest BCUT2D eigenvalue weighted by Gasteiger charge is 2.26. The SMILES string of the molecule is CC(NC(=O)C(N)Cc1ccccc1)C(=O)NC(CC(=O)O)C(=O)O. The van der Waals surface area contributed by atoms with E-state index >= 15 is 0 Å². The van der Waals surface area contributed by atoms with Crippen LogP contribution in [0.3, 0.4) is 0 Å². The van der Waals surface area contributed by atoms with Crippen molar-refractivity contribution in [2.24, 2.45) is 5.73 Å². The average molecular weight is 351 g/mol. The number of nitrogens with two attached hydrogens (primary N) is 1. The van der Waals surface area contributed by atoms with Crippen molar-refractivity contribution in [2.45, 2.75) is 37.9 Å². The lowest BCUT2D eigenvalue weighted by Gasteiger charge is -2.19. The van der Waals surface area contributed by atoms with E-state index in [-0.39, 0.29) is 6.42 Å². The van der Waals surface area contributed by atoms with Gasteiger partial charge in [-0.15, -0.1) is 0 Å². The van der Waals surface area contributed by atoms with Gasteiger partial charge in [-0.3, -0.25) is 14.4 Å². The number of carbonyl (C=O) groups excluding carboxylic acids is 2. The molecule has 0 spiro atoms. The molecule has 0 bridgehead atoms. The van der Waals surface area contributed by atoms with Gasteiger partial charge >= 0.3 is 11.9 Å². The number of benzene rings is 1. The molecule has 9 nitrogen and oxygen atoms in total. The molecule has 1 aromatic rings. The van der Waals surface area contributed by atoms with Gasteiger partial charge in [0.15, 0.2) is 0 Å². The van der Waals surface area contributed by atoms with Crippen LogP contribution in [0, 0.1) is 0 Å². The lowest BCUT2D eigenvalue weighted by molar-refractivity contribution is -0.147. The Morgan fingerprint density at radius 3 is 2.16 bits per heavy atom. The number of carboxylic acid groups (broad SMARTS) is 2. The first-order valence-electron chi connectivity index (χ1n) is 7.55. The molecule has 0 aliphatic heterocycles. The van der Waals surface area contributed by atoms with Crippen LogP contribution in [0.2, 0.25) is 0 Å². The zero-order valence-electron chi connectivity index (χ0n) is 13.6. The summed E-state index contributed by atoms with van der Waals surface area (Å²) in [7, 11) is 0. The van der Waals surface area contributed by atoms with Crippen LogP contribution in [0.25, 0.3) is 0 Å². The number of amides is 2. The van der Waals surface area contributed by atoms with E-state index in [0.717, 1.165) is 5.56 Å². The van der Waals surface area contributed by atoms with Crippen molar-refractivity contribution in [1.29, 1.82) is 0 Å². The Kier molecular flexibility index (Phi) is 7.54. The van der Waals surface area contributed by atoms with Crippen LogP contribution in [0.15, 0.2) is 30.3 Å². The molecule has 0 fully saturated rings. The third kappa shape index (κ3) is 7.00. The van der Waals surface area contributed by atoms with Gasteiger partial charge in [-0.05, 0) is 18.9 Å². The molecule has 25 heavy (non-hydrogen) atoms. The summed E-state index contributed by atoms with van der Waals surface area (Å²) in [5.74, 6) is -4.23. The standard InChI is InChI=1S/C16H21N3O6/c1-9(14(22)19-12(16(24)25)8-13(20)21)18-15(23)11(17)7-10-5-3-2-4-6-10/h2-6,9,11-12H,7-8,17H2,1H3,(H,18,23)(H,19,22)(H,20,21)(H,24,25). The van der Waals surface area contributed by atoms with Crippen LogP contribution in [0.1, 0.15) is 18.9 Å². The second-order valence-corrected chi connectivity index (χ2v) is 5.52. The molecule has 1 aromatic carbocycles. The van der Waals surface area contributed by atoms with Gasteiger partial charge in [-0.1, -0.05) is 30.3 Å². The fraction of sp³-hybridized carbons (Fsp3) is 0.375. The first kappa shape index (κ1) is 20.1. The summed E-state index contributed by atoms with van der Waals surface area (Å²) < 4.78 is 0. The summed E-state index contributed by atoms with van der Waals surface area (Å²) in [4.78, 5) is 45.5. The van der Waals surface area contributed by atoms with E-state index < -0.39 is 48.3 Å². The maximum absolute atomic E-state index is 12.0. The molecule has 0 saturated carbocycles. The molecule has 1 rings (SSSR count). The first-order valence-corrected chi connectivity index (χ1v) is 7.55. The predicted octanol–water partition coefficient (Wildman–Crippen LogP) is -0.895. The smallest absolute Gasteiger partial charge is 0.326 e. The number of rotatable bonds is 9. The molecular formula is C16H21N3O6. The van der Waals surface area contributed by atoms with Crippen molar-refractivity contribution in [3.63, 3.8) is 0 Å². The minimum atomic E-state index is -1.58. The first-order chi connectivity index (χ1) is 11.7. The van der Waals surface area contributed by atoms with E-state index in [2.05, 4.69) is 10.6 Å². The van der Waals surface area contributed by atoms with Crippen molar-refractivity contribution < 1.29 is 29.4 Å². The quantitative estimate of drug-likeness (QED) is 0.386. The molecule has 0 heterocycles. The summed E-state index contributed by atoms with van der Waals surface area (Å²) in [6.45, 7) is 1.35. The van der Waals surface area contributed by atoms with Crippen LogP contribution >= 0.6 is 0 Å². The van der Waals surface area contributed by atoms with E-state index in [1.54, 1.807) is 0 Å². The zero-order valence-corrected chi connectivity index (χ0v) is 13.6. The number of carboxylic acids is 2. The third-order valence-corrected chi connectivity index (χ3v) is 3.38. The highest BCUT2D eigenvalue weighted by Crippen LogP contribution is 2.02. The maximum atomic E-state index is 12.0. The van der Waals surface area contributed by atoms with E-state index in [1.807, 2.05) is 30.3 Å². The van der Waals surface area contributed by atoms with Gasteiger partial charge in [0.2, 0.25) is 11.8 Å². The normalized spacial score (nSPS) is 14.0. The summed E-state index contributed by atoms with van der Waals surface area (Å²) in [5, 5.41) is 22.0. The second-order valence-electron chi connectivity index (χ2n) is 5.52. The lowest BCUT2D eigenvalue weighted by atomic mass is 10.1. The van der Waals surface area contributed by atoms with Crippen LogP contribution in [-0.2, 0) is 25.6 Å². The number of aliphatic carboxylic acids is 2. The minimum Gasteiger partial charge on any atom is -0.481 e. The number of carbonyl (C=O) groups is 4. The number of nitrogens with one attached hydrogen (secondary N) is 2. The van der Waals surface area contributed by atoms with E-state index in [0.29, 0.717) is 0 Å². The highest BCUT2D eigenvalue weighted by molar-refractivity contribution is 5.92. The van der Waals surface area contributed by atoms with E-state index in [4.69, 9.17) is 15.9 Å². The Morgan fingerprint density at radius 2 is 1.64 bits per heavy atom. The monoisotopic (exact) mass is 351 g/mol. The number of hydrogen-bond donors (Lipinski definition) is 5. The average Bonchev–Trinajstić information content (AvgIpc) is 2.54.